The lowest BCUT2D eigenvalue weighted by Crippen LogP contribution is -2.35. The molecule has 0 bridgehead atoms. The van der Waals surface area contributed by atoms with Gasteiger partial charge in [-0.2, -0.15) is 5.10 Å². The van der Waals surface area contributed by atoms with Crippen LogP contribution in [0.2, 0.25) is 0 Å². The highest BCUT2D eigenvalue weighted by molar-refractivity contribution is 6.01. The van der Waals surface area contributed by atoms with E-state index < -0.39 is 0 Å². The highest BCUT2D eigenvalue weighted by atomic mass is 16.5. The number of aromatic amines is 1. The van der Waals surface area contributed by atoms with Crippen LogP contribution in [0.5, 0.6) is 11.5 Å². The van der Waals surface area contributed by atoms with E-state index in [0.29, 0.717) is 30.2 Å². The predicted molar refractivity (Wildman–Crippen MR) is 106 cm³/mol. The van der Waals surface area contributed by atoms with Crippen LogP contribution in [-0.4, -0.2) is 36.4 Å². The predicted octanol–water partition coefficient (Wildman–Crippen LogP) is 2.65. The van der Waals surface area contributed by atoms with Crippen molar-refractivity contribution in [3.8, 4) is 22.6 Å². The first-order chi connectivity index (χ1) is 13.7. The summed E-state index contributed by atoms with van der Waals surface area (Å²) in [4.78, 5) is 12.7. The second-order valence-corrected chi connectivity index (χ2v) is 6.76. The Balaban J connectivity index is 1.45. The summed E-state index contributed by atoms with van der Waals surface area (Å²) >= 11 is 0. The minimum atomic E-state index is -0.237. The van der Waals surface area contributed by atoms with Crippen molar-refractivity contribution in [2.75, 3.05) is 26.0 Å². The smallest absolute Gasteiger partial charge is 0.270 e. The van der Waals surface area contributed by atoms with Crippen LogP contribution in [0, 0.1) is 5.92 Å². The van der Waals surface area contributed by atoms with E-state index in [9.17, 15) is 4.79 Å². The molecule has 0 spiro atoms. The topological polar surface area (TPSA) is 102 Å². The summed E-state index contributed by atoms with van der Waals surface area (Å²) in [6.07, 6.45) is 0.809. The zero-order chi connectivity index (χ0) is 19.5. The molecule has 0 radical (unpaired) electrons. The zero-order valence-electron chi connectivity index (χ0n) is 15.6. The van der Waals surface area contributed by atoms with Crippen LogP contribution < -0.4 is 20.5 Å². The molecule has 1 amide bonds. The number of anilines is 1. The van der Waals surface area contributed by atoms with Crippen molar-refractivity contribution in [3.63, 3.8) is 0 Å². The maximum absolute atomic E-state index is 12.7. The molecule has 4 rings (SSSR count). The fourth-order valence-electron chi connectivity index (χ4n) is 3.49. The summed E-state index contributed by atoms with van der Waals surface area (Å²) in [6.45, 7) is 1.01. The maximum atomic E-state index is 12.7. The Labute approximate surface area is 162 Å². The molecular formula is C21H22N4O3. The molecule has 0 saturated carbocycles. The van der Waals surface area contributed by atoms with E-state index in [4.69, 9.17) is 15.2 Å². The van der Waals surface area contributed by atoms with Gasteiger partial charge >= 0.3 is 0 Å². The van der Waals surface area contributed by atoms with E-state index in [-0.39, 0.29) is 11.8 Å². The molecule has 0 fully saturated rings. The molecule has 1 aliphatic rings. The summed E-state index contributed by atoms with van der Waals surface area (Å²) in [6, 6.07) is 15.4. The number of carbonyl (C=O) groups is 1. The third-order valence-electron chi connectivity index (χ3n) is 4.89. The first kappa shape index (κ1) is 17.9. The van der Waals surface area contributed by atoms with Crippen molar-refractivity contribution >= 4 is 11.7 Å². The van der Waals surface area contributed by atoms with Crippen LogP contribution in [0.15, 0.2) is 48.5 Å². The minimum Gasteiger partial charge on any atom is -0.493 e. The van der Waals surface area contributed by atoms with E-state index in [1.54, 1.807) is 7.11 Å². The summed E-state index contributed by atoms with van der Waals surface area (Å²) in [5.41, 5.74) is 8.89. The molecule has 1 atom stereocenters. The van der Waals surface area contributed by atoms with E-state index in [1.165, 1.54) is 0 Å². The van der Waals surface area contributed by atoms with Gasteiger partial charge in [-0.15, -0.1) is 0 Å². The van der Waals surface area contributed by atoms with Gasteiger partial charge in [-0.05, 0) is 23.6 Å². The van der Waals surface area contributed by atoms with Gasteiger partial charge in [-0.25, -0.2) is 0 Å². The third-order valence-corrected chi connectivity index (χ3v) is 4.89. The third kappa shape index (κ3) is 3.38. The van der Waals surface area contributed by atoms with Crippen molar-refractivity contribution in [3.05, 3.63) is 59.8 Å². The zero-order valence-corrected chi connectivity index (χ0v) is 15.6. The SMILES string of the molecule is COc1cccc2c1OC[C@H](CNC(=O)c1[nH]nc(N)c1-c1ccccc1)C2. The average molecular weight is 378 g/mol. The van der Waals surface area contributed by atoms with Crippen LogP contribution in [0.4, 0.5) is 5.82 Å². The fraction of sp³-hybridized carbons (Fsp3) is 0.238. The van der Waals surface area contributed by atoms with Crippen LogP contribution in [0.25, 0.3) is 11.1 Å². The molecule has 144 valence electrons. The van der Waals surface area contributed by atoms with Gasteiger partial charge in [-0.1, -0.05) is 42.5 Å². The van der Waals surface area contributed by atoms with E-state index in [1.807, 2.05) is 48.5 Å². The molecule has 1 aromatic heterocycles. The molecule has 0 unspecified atom stereocenters. The monoisotopic (exact) mass is 378 g/mol. The molecule has 2 heterocycles. The van der Waals surface area contributed by atoms with Gasteiger partial charge in [0.15, 0.2) is 17.3 Å². The number of fused-ring (bicyclic) bond motifs is 1. The van der Waals surface area contributed by atoms with Gasteiger partial charge in [0, 0.05) is 12.5 Å². The number of aromatic nitrogens is 2. The van der Waals surface area contributed by atoms with E-state index in [2.05, 4.69) is 15.5 Å². The molecule has 0 saturated heterocycles. The Morgan fingerprint density at radius 3 is 2.89 bits per heavy atom. The van der Waals surface area contributed by atoms with E-state index >= 15 is 0 Å². The van der Waals surface area contributed by atoms with Crippen molar-refractivity contribution in [2.45, 2.75) is 6.42 Å². The van der Waals surface area contributed by atoms with Gasteiger partial charge < -0.3 is 20.5 Å². The molecule has 7 heteroatoms. The highest BCUT2D eigenvalue weighted by Gasteiger charge is 2.24. The number of benzene rings is 2. The number of hydrogen-bond acceptors (Lipinski definition) is 5. The van der Waals surface area contributed by atoms with Crippen molar-refractivity contribution in [2.24, 2.45) is 5.92 Å². The number of methoxy groups -OCH3 is 1. The van der Waals surface area contributed by atoms with Crippen molar-refractivity contribution < 1.29 is 14.3 Å². The highest BCUT2D eigenvalue weighted by Crippen LogP contribution is 2.36. The Hall–Kier alpha value is -3.48. The Kier molecular flexibility index (Phi) is 4.89. The first-order valence-electron chi connectivity index (χ1n) is 9.13. The second-order valence-electron chi connectivity index (χ2n) is 6.76. The van der Waals surface area contributed by atoms with Gasteiger partial charge in [0.1, 0.15) is 5.69 Å². The standard InChI is InChI=1S/C21H22N4O3/c1-27-16-9-5-8-15-10-13(12-28-19(15)16)11-23-21(26)18-17(20(22)25-24-18)14-6-3-2-4-7-14/h2-9,13H,10-12H2,1H3,(H,23,26)(H3,22,24,25)/t13-/m0/s1. The Morgan fingerprint density at radius 1 is 1.29 bits per heavy atom. The van der Waals surface area contributed by atoms with Gasteiger partial charge in [0.2, 0.25) is 0 Å². The number of carbonyl (C=O) groups excluding carboxylic acids is 1. The molecule has 2 aromatic carbocycles. The second kappa shape index (κ2) is 7.64. The first-order valence-corrected chi connectivity index (χ1v) is 9.13. The molecular weight excluding hydrogens is 356 g/mol. The summed E-state index contributed by atoms with van der Waals surface area (Å²) in [5.74, 6) is 1.77. The number of amides is 1. The molecule has 7 nitrogen and oxygen atoms in total. The molecule has 28 heavy (non-hydrogen) atoms. The lowest BCUT2D eigenvalue weighted by molar-refractivity contribution is 0.0934. The number of ether oxygens (including phenoxy) is 2. The number of rotatable bonds is 5. The average Bonchev–Trinajstić information content (AvgIpc) is 3.13. The van der Waals surface area contributed by atoms with Crippen LogP contribution in [0.1, 0.15) is 16.1 Å². The summed E-state index contributed by atoms with van der Waals surface area (Å²) in [5, 5.41) is 9.74. The van der Waals surface area contributed by atoms with Gasteiger partial charge in [0.25, 0.3) is 5.91 Å². The summed E-state index contributed by atoms with van der Waals surface area (Å²) in [7, 11) is 1.63. The maximum Gasteiger partial charge on any atom is 0.270 e. The molecule has 1 aliphatic heterocycles. The number of hydrogen-bond donors (Lipinski definition) is 3. The largest absolute Gasteiger partial charge is 0.493 e. The quantitative estimate of drug-likeness (QED) is 0.633. The van der Waals surface area contributed by atoms with Crippen LogP contribution in [0.3, 0.4) is 0 Å². The number of para-hydroxylation sites is 1. The Bertz CT molecular complexity index is 985. The number of H-pyrrole nitrogens is 1. The van der Waals surface area contributed by atoms with Gasteiger partial charge in [0.05, 0.1) is 19.3 Å². The van der Waals surface area contributed by atoms with Crippen molar-refractivity contribution in [1.82, 2.24) is 15.5 Å². The molecule has 3 aromatic rings. The summed E-state index contributed by atoms with van der Waals surface area (Å²) < 4.78 is 11.2. The van der Waals surface area contributed by atoms with Crippen LogP contribution >= 0.6 is 0 Å². The number of nitrogens with zero attached hydrogens (tertiary/aromatic N) is 1. The number of nitrogen functional groups attached to an aromatic ring is 1. The molecule has 0 aliphatic carbocycles. The fourth-order valence-corrected chi connectivity index (χ4v) is 3.49. The molecule has 4 N–H and O–H groups in total. The lowest BCUT2D eigenvalue weighted by atomic mass is 9.96. The van der Waals surface area contributed by atoms with Gasteiger partial charge in [-0.3, -0.25) is 9.89 Å². The van der Waals surface area contributed by atoms with Crippen molar-refractivity contribution in [1.29, 1.82) is 0 Å². The van der Waals surface area contributed by atoms with E-state index in [0.717, 1.165) is 29.0 Å². The Morgan fingerprint density at radius 2 is 2.11 bits per heavy atom. The lowest BCUT2D eigenvalue weighted by Gasteiger charge is -2.26. The number of nitrogens with one attached hydrogen (secondary N) is 2. The normalized spacial score (nSPS) is 15.4. The minimum absolute atomic E-state index is 0.170. The number of nitrogens with two attached hydrogens (primary N) is 1. The van der Waals surface area contributed by atoms with Crippen LogP contribution in [-0.2, 0) is 6.42 Å².